The first-order chi connectivity index (χ1) is 12.0. The molecule has 0 N–H and O–H groups in total. The molecule has 0 spiro atoms. The Balaban J connectivity index is 1.76. The SMILES string of the molecule is CCC(CCC1CCCC(C)CC1)CCC(C)c1ccc(F)c(F)c1. The van der Waals surface area contributed by atoms with Crippen molar-refractivity contribution in [2.45, 2.75) is 90.9 Å². The average molecular weight is 351 g/mol. The predicted molar refractivity (Wildman–Crippen MR) is 103 cm³/mol. The molecule has 1 aromatic rings. The summed E-state index contributed by atoms with van der Waals surface area (Å²) in [5.74, 6) is 1.45. The Morgan fingerprint density at radius 1 is 1.00 bits per heavy atom. The molecule has 1 aliphatic carbocycles. The molecular weight excluding hydrogens is 314 g/mol. The Morgan fingerprint density at radius 3 is 2.52 bits per heavy atom. The molecule has 0 saturated heterocycles. The third-order valence-corrected chi connectivity index (χ3v) is 6.46. The van der Waals surface area contributed by atoms with Crippen LogP contribution in [-0.4, -0.2) is 0 Å². The quantitative estimate of drug-likeness (QED) is 0.418. The van der Waals surface area contributed by atoms with Gasteiger partial charge in [-0.15, -0.1) is 0 Å². The van der Waals surface area contributed by atoms with Crippen molar-refractivity contribution in [1.29, 1.82) is 0 Å². The van der Waals surface area contributed by atoms with Crippen molar-refractivity contribution in [1.82, 2.24) is 0 Å². The second kappa shape index (κ2) is 10.3. The summed E-state index contributed by atoms with van der Waals surface area (Å²) in [6.45, 7) is 6.82. The zero-order valence-electron chi connectivity index (χ0n) is 16.4. The molecule has 4 unspecified atom stereocenters. The molecule has 2 heteroatoms. The van der Waals surface area contributed by atoms with Gasteiger partial charge in [0, 0.05) is 0 Å². The number of hydrogen-bond donors (Lipinski definition) is 0. The zero-order valence-corrected chi connectivity index (χ0v) is 16.4. The number of rotatable bonds is 8. The Kier molecular flexibility index (Phi) is 8.39. The smallest absolute Gasteiger partial charge is 0.159 e. The second-order valence-electron chi connectivity index (χ2n) is 8.48. The fourth-order valence-corrected chi connectivity index (χ4v) is 4.35. The maximum absolute atomic E-state index is 13.4. The van der Waals surface area contributed by atoms with Gasteiger partial charge in [-0.25, -0.2) is 8.78 Å². The first-order valence-corrected chi connectivity index (χ1v) is 10.4. The molecule has 4 atom stereocenters. The minimum atomic E-state index is -0.750. The zero-order chi connectivity index (χ0) is 18.2. The van der Waals surface area contributed by atoms with Crippen LogP contribution in [0.5, 0.6) is 0 Å². The molecule has 1 saturated carbocycles. The second-order valence-corrected chi connectivity index (χ2v) is 8.48. The summed E-state index contributed by atoms with van der Waals surface area (Å²) >= 11 is 0. The standard InChI is InChI=1S/C23H36F2/c1-4-19(12-13-20-7-5-6-17(2)8-10-20)11-9-18(3)21-14-15-22(24)23(25)16-21/h14-20H,4-13H2,1-3H3. The first kappa shape index (κ1) is 20.4. The monoisotopic (exact) mass is 350 g/mol. The minimum absolute atomic E-state index is 0.294. The van der Waals surface area contributed by atoms with Gasteiger partial charge in [0.2, 0.25) is 0 Å². The van der Waals surface area contributed by atoms with E-state index in [0.29, 0.717) is 5.92 Å². The van der Waals surface area contributed by atoms with Gasteiger partial charge in [0.25, 0.3) is 0 Å². The van der Waals surface area contributed by atoms with E-state index in [1.54, 1.807) is 6.07 Å². The average Bonchev–Trinajstić information content (AvgIpc) is 2.81. The van der Waals surface area contributed by atoms with Gasteiger partial charge in [-0.3, -0.25) is 0 Å². The van der Waals surface area contributed by atoms with E-state index in [9.17, 15) is 8.78 Å². The summed E-state index contributed by atoms with van der Waals surface area (Å²) in [5, 5.41) is 0. The van der Waals surface area contributed by atoms with Crippen molar-refractivity contribution in [3.63, 3.8) is 0 Å². The van der Waals surface area contributed by atoms with Gasteiger partial charge < -0.3 is 0 Å². The Morgan fingerprint density at radius 2 is 1.80 bits per heavy atom. The first-order valence-electron chi connectivity index (χ1n) is 10.4. The molecule has 0 amide bonds. The van der Waals surface area contributed by atoms with E-state index in [2.05, 4.69) is 20.8 Å². The van der Waals surface area contributed by atoms with Crippen molar-refractivity contribution >= 4 is 0 Å². The van der Waals surface area contributed by atoms with E-state index in [0.717, 1.165) is 29.7 Å². The molecule has 0 bridgehead atoms. The lowest BCUT2D eigenvalue weighted by molar-refractivity contribution is 0.333. The van der Waals surface area contributed by atoms with Gasteiger partial charge in [0.15, 0.2) is 11.6 Å². The van der Waals surface area contributed by atoms with Gasteiger partial charge in [-0.2, -0.15) is 0 Å². The highest BCUT2D eigenvalue weighted by Gasteiger charge is 2.18. The molecule has 0 heterocycles. The summed E-state index contributed by atoms with van der Waals surface area (Å²) in [4.78, 5) is 0. The summed E-state index contributed by atoms with van der Waals surface area (Å²) < 4.78 is 26.5. The van der Waals surface area contributed by atoms with Gasteiger partial charge >= 0.3 is 0 Å². The van der Waals surface area contributed by atoms with Crippen LogP contribution in [0.2, 0.25) is 0 Å². The summed E-state index contributed by atoms with van der Waals surface area (Å²) in [7, 11) is 0. The van der Waals surface area contributed by atoms with E-state index >= 15 is 0 Å². The van der Waals surface area contributed by atoms with Gasteiger partial charge in [0.1, 0.15) is 0 Å². The molecule has 1 aliphatic rings. The topological polar surface area (TPSA) is 0 Å². The Labute approximate surface area is 153 Å². The van der Waals surface area contributed by atoms with Crippen LogP contribution in [-0.2, 0) is 0 Å². The van der Waals surface area contributed by atoms with Crippen molar-refractivity contribution in [3.05, 3.63) is 35.4 Å². The third-order valence-electron chi connectivity index (χ3n) is 6.46. The van der Waals surface area contributed by atoms with Crippen molar-refractivity contribution < 1.29 is 8.78 Å². The number of hydrogen-bond acceptors (Lipinski definition) is 0. The largest absolute Gasteiger partial charge is 0.204 e. The lowest BCUT2D eigenvalue weighted by atomic mass is 9.85. The fraction of sp³-hybridized carbons (Fsp3) is 0.739. The fourth-order valence-electron chi connectivity index (χ4n) is 4.35. The summed E-state index contributed by atoms with van der Waals surface area (Å²) in [6.07, 6.45) is 13.3. The van der Waals surface area contributed by atoms with Crippen LogP contribution in [0.4, 0.5) is 8.78 Å². The van der Waals surface area contributed by atoms with Crippen LogP contribution in [0.15, 0.2) is 18.2 Å². The molecule has 2 rings (SSSR count). The van der Waals surface area contributed by atoms with E-state index in [1.807, 2.05) is 0 Å². The molecule has 0 nitrogen and oxygen atoms in total. The maximum Gasteiger partial charge on any atom is 0.159 e. The summed E-state index contributed by atoms with van der Waals surface area (Å²) in [5.41, 5.74) is 0.923. The van der Waals surface area contributed by atoms with E-state index in [-0.39, 0.29) is 0 Å². The number of halogens is 2. The van der Waals surface area contributed by atoms with Crippen molar-refractivity contribution in [2.75, 3.05) is 0 Å². The van der Waals surface area contributed by atoms with Crippen LogP contribution in [0.1, 0.15) is 96.5 Å². The molecule has 142 valence electrons. The van der Waals surface area contributed by atoms with Crippen LogP contribution < -0.4 is 0 Å². The van der Waals surface area contributed by atoms with E-state index in [4.69, 9.17) is 0 Å². The van der Waals surface area contributed by atoms with Gasteiger partial charge in [0.05, 0.1) is 0 Å². The Hall–Kier alpha value is -0.920. The van der Waals surface area contributed by atoms with E-state index < -0.39 is 11.6 Å². The molecule has 0 aromatic heterocycles. The van der Waals surface area contributed by atoms with Crippen LogP contribution >= 0.6 is 0 Å². The predicted octanol–water partition coefficient (Wildman–Crippen LogP) is 7.87. The highest BCUT2D eigenvalue weighted by Crippen LogP contribution is 2.33. The highest BCUT2D eigenvalue weighted by molar-refractivity contribution is 5.21. The van der Waals surface area contributed by atoms with Gasteiger partial charge in [-0.05, 0) is 54.2 Å². The lowest BCUT2D eigenvalue weighted by Gasteiger charge is -2.21. The Bertz CT molecular complexity index is 511. The molecular formula is C23H36F2. The number of benzene rings is 1. The molecule has 1 aromatic carbocycles. The van der Waals surface area contributed by atoms with Crippen molar-refractivity contribution in [2.24, 2.45) is 17.8 Å². The molecule has 0 radical (unpaired) electrons. The van der Waals surface area contributed by atoms with Gasteiger partial charge in [-0.1, -0.05) is 78.2 Å². The molecule has 0 aliphatic heterocycles. The molecule has 25 heavy (non-hydrogen) atoms. The summed E-state index contributed by atoms with van der Waals surface area (Å²) in [6, 6.07) is 4.36. The highest BCUT2D eigenvalue weighted by atomic mass is 19.2. The van der Waals surface area contributed by atoms with Crippen LogP contribution in [0.25, 0.3) is 0 Å². The maximum atomic E-state index is 13.4. The lowest BCUT2D eigenvalue weighted by Crippen LogP contribution is -2.07. The van der Waals surface area contributed by atoms with Crippen molar-refractivity contribution in [3.8, 4) is 0 Å². The van der Waals surface area contributed by atoms with Crippen LogP contribution in [0.3, 0.4) is 0 Å². The minimum Gasteiger partial charge on any atom is -0.204 e. The van der Waals surface area contributed by atoms with E-state index in [1.165, 1.54) is 69.9 Å². The molecule has 1 fully saturated rings. The normalized spacial score (nSPS) is 23.9. The van der Waals surface area contributed by atoms with Crippen LogP contribution in [0, 0.1) is 29.4 Å². The third kappa shape index (κ3) is 6.72.